The van der Waals surface area contributed by atoms with E-state index >= 15 is 0 Å². The molecule has 1 heterocycles. The van der Waals surface area contributed by atoms with Crippen LogP contribution in [0.3, 0.4) is 0 Å². The van der Waals surface area contributed by atoms with Gasteiger partial charge in [-0.05, 0) is 46.4 Å². The largest absolute Gasteiger partial charge is 0.356 e. The summed E-state index contributed by atoms with van der Waals surface area (Å²) in [5.74, 6) is 0.253. The minimum Gasteiger partial charge on any atom is -0.356 e. The van der Waals surface area contributed by atoms with Crippen molar-refractivity contribution in [2.45, 2.75) is 32.6 Å². The minimum absolute atomic E-state index is 0.132. The Morgan fingerprint density at radius 1 is 1.47 bits per heavy atom. The van der Waals surface area contributed by atoms with Gasteiger partial charge in [0.25, 0.3) is 0 Å². The van der Waals surface area contributed by atoms with E-state index in [0.717, 1.165) is 51.9 Å². The molecule has 0 aromatic carbocycles. The van der Waals surface area contributed by atoms with Gasteiger partial charge in [0.05, 0.1) is 5.41 Å². The first-order valence-corrected chi connectivity index (χ1v) is 6.74. The van der Waals surface area contributed by atoms with E-state index in [1.165, 1.54) is 0 Å². The average molecular weight is 241 g/mol. The van der Waals surface area contributed by atoms with E-state index in [1.807, 2.05) is 0 Å². The maximum Gasteiger partial charge on any atom is 0.227 e. The van der Waals surface area contributed by atoms with Gasteiger partial charge >= 0.3 is 0 Å². The summed E-state index contributed by atoms with van der Waals surface area (Å²) in [6.07, 6.45) is 4.08. The molecule has 1 rings (SSSR count). The molecule has 1 fully saturated rings. The van der Waals surface area contributed by atoms with Crippen LogP contribution in [0.4, 0.5) is 0 Å². The van der Waals surface area contributed by atoms with Gasteiger partial charge in [-0.3, -0.25) is 4.79 Å². The van der Waals surface area contributed by atoms with Crippen LogP contribution < -0.4 is 10.6 Å². The molecule has 1 saturated heterocycles. The quantitative estimate of drug-likeness (QED) is 0.649. The highest BCUT2D eigenvalue weighted by molar-refractivity contribution is 5.83. The summed E-state index contributed by atoms with van der Waals surface area (Å²) in [5, 5.41) is 6.42. The van der Waals surface area contributed by atoms with E-state index in [2.05, 4.69) is 36.6 Å². The number of rotatable bonds is 7. The molecule has 1 amide bonds. The molecule has 1 unspecified atom stereocenters. The Kier molecular flexibility index (Phi) is 5.92. The van der Waals surface area contributed by atoms with E-state index in [0.29, 0.717) is 0 Å². The molecule has 2 N–H and O–H groups in total. The first kappa shape index (κ1) is 14.5. The zero-order chi connectivity index (χ0) is 12.7. The molecular weight excluding hydrogens is 214 g/mol. The van der Waals surface area contributed by atoms with Gasteiger partial charge in [0.15, 0.2) is 0 Å². The van der Waals surface area contributed by atoms with Crippen molar-refractivity contribution >= 4 is 5.91 Å². The lowest BCUT2D eigenvalue weighted by Crippen LogP contribution is -2.43. The second-order valence-electron chi connectivity index (χ2n) is 5.37. The van der Waals surface area contributed by atoms with Gasteiger partial charge in [-0.25, -0.2) is 0 Å². The standard InChI is InChI=1S/C13H27N3O/c1-4-6-13(7-9-14-11-13)12(17)15-8-5-10-16(2)3/h14H,4-11H2,1-3H3,(H,15,17). The summed E-state index contributed by atoms with van der Waals surface area (Å²) < 4.78 is 0. The number of carbonyl (C=O) groups excluding carboxylic acids is 1. The van der Waals surface area contributed by atoms with Crippen molar-refractivity contribution in [2.75, 3.05) is 40.3 Å². The van der Waals surface area contributed by atoms with E-state index in [-0.39, 0.29) is 11.3 Å². The van der Waals surface area contributed by atoms with Gasteiger partial charge in [-0.1, -0.05) is 13.3 Å². The highest BCUT2D eigenvalue weighted by atomic mass is 16.2. The summed E-state index contributed by atoms with van der Waals surface area (Å²) in [6, 6.07) is 0. The second-order valence-corrected chi connectivity index (χ2v) is 5.37. The molecule has 0 saturated carbocycles. The fourth-order valence-corrected chi connectivity index (χ4v) is 2.53. The SMILES string of the molecule is CCCC1(C(=O)NCCCN(C)C)CCNC1. The molecule has 1 aliphatic heterocycles. The van der Waals surface area contributed by atoms with E-state index in [1.54, 1.807) is 0 Å². The molecule has 0 aliphatic carbocycles. The zero-order valence-electron chi connectivity index (χ0n) is 11.5. The maximum absolute atomic E-state index is 12.2. The first-order chi connectivity index (χ1) is 8.10. The smallest absolute Gasteiger partial charge is 0.227 e. The van der Waals surface area contributed by atoms with Crippen LogP contribution in [0.2, 0.25) is 0 Å². The second kappa shape index (κ2) is 6.97. The predicted molar refractivity (Wildman–Crippen MR) is 71.0 cm³/mol. The Labute approximate surface area is 105 Å². The summed E-state index contributed by atoms with van der Waals surface area (Å²) >= 11 is 0. The van der Waals surface area contributed by atoms with Gasteiger partial charge < -0.3 is 15.5 Å². The van der Waals surface area contributed by atoms with Gasteiger partial charge in [0, 0.05) is 13.1 Å². The van der Waals surface area contributed by atoms with Gasteiger partial charge in [-0.15, -0.1) is 0 Å². The lowest BCUT2D eigenvalue weighted by atomic mass is 9.81. The maximum atomic E-state index is 12.2. The lowest BCUT2D eigenvalue weighted by Gasteiger charge is -2.26. The van der Waals surface area contributed by atoms with Crippen molar-refractivity contribution in [1.82, 2.24) is 15.5 Å². The average Bonchev–Trinajstić information content (AvgIpc) is 2.74. The molecular formula is C13H27N3O. The molecule has 100 valence electrons. The third-order valence-corrected chi connectivity index (χ3v) is 3.52. The molecule has 0 spiro atoms. The summed E-state index contributed by atoms with van der Waals surface area (Å²) in [6.45, 7) is 5.80. The Bertz CT molecular complexity index is 235. The molecule has 4 heteroatoms. The highest BCUT2D eigenvalue weighted by Gasteiger charge is 2.39. The van der Waals surface area contributed by atoms with Crippen LogP contribution in [0.15, 0.2) is 0 Å². The molecule has 0 aromatic rings. The van der Waals surface area contributed by atoms with Crippen molar-refractivity contribution in [3.8, 4) is 0 Å². The molecule has 0 bridgehead atoms. The van der Waals surface area contributed by atoms with Crippen LogP contribution in [0.25, 0.3) is 0 Å². The van der Waals surface area contributed by atoms with Gasteiger partial charge in [0.2, 0.25) is 5.91 Å². The van der Waals surface area contributed by atoms with Crippen LogP contribution in [-0.4, -0.2) is 51.1 Å². The Morgan fingerprint density at radius 3 is 2.76 bits per heavy atom. The van der Waals surface area contributed by atoms with Crippen molar-refractivity contribution in [2.24, 2.45) is 5.41 Å². The number of nitrogens with one attached hydrogen (secondary N) is 2. The van der Waals surface area contributed by atoms with Crippen LogP contribution in [0.1, 0.15) is 32.6 Å². The monoisotopic (exact) mass is 241 g/mol. The molecule has 17 heavy (non-hydrogen) atoms. The van der Waals surface area contributed by atoms with Gasteiger partial charge in [0.1, 0.15) is 0 Å². The Morgan fingerprint density at radius 2 is 2.24 bits per heavy atom. The van der Waals surface area contributed by atoms with E-state index < -0.39 is 0 Å². The van der Waals surface area contributed by atoms with Crippen molar-refractivity contribution in [3.63, 3.8) is 0 Å². The number of carbonyl (C=O) groups is 1. The summed E-state index contributed by atoms with van der Waals surface area (Å²) in [5.41, 5.74) is -0.132. The third-order valence-electron chi connectivity index (χ3n) is 3.52. The molecule has 1 aliphatic rings. The van der Waals surface area contributed by atoms with E-state index in [9.17, 15) is 4.79 Å². The Balaban J connectivity index is 2.33. The Hall–Kier alpha value is -0.610. The number of amides is 1. The number of hydrogen-bond acceptors (Lipinski definition) is 3. The predicted octanol–water partition coefficient (Wildman–Crippen LogP) is 0.834. The summed E-state index contributed by atoms with van der Waals surface area (Å²) in [4.78, 5) is 14.4. The summed E-state index contributed by atoms with van der Waals surface area (Å²) in [7, 11) is 4.11. The minimum atomic E-state index is -0.132. The first-order valence-electron chi connectivity index (χ1n) is 6.74. The normalized spacial score (nSPS) is 24.2. The third kappa shape index (κ3) is 4.28. The van der Waals surface area contributed by atoms with Crippen molar-refractivity contribution in [1.29, 1.82) is 0 Å². The molecule has 0 aromatic heterocycles. The van der Waals surface area contributed by atoms with Crippen molar-refractivity contribution in [3.05, 3.63) is 0 Å². The molecule has 4 nitrogen and oxygen atoms in total. The van der Waals surface area contributed by atoms with Crippen molar-refractivity contribution < 1.29 is 4.79 Å². The van der Waals surface area contributed by atoms with Gasteiger partial charge in [-0.2, -0.15) is 0 Å². The number of nitrogens with zero attached hydrogens (tertiary/aromatic N) is 1. The van der Waals surface area contributed by atoms with Crippen LogP contribution in [0.5, 0.6) is 0 Å². The fraction of sp³-hybridized carbons (Fsp3) is 0.923. The van der Waals surface area contributed by atoms with Crippen LogP contribution in [0, 0.1) is 5.41 Å². The highest BCUT2D eigenvalue weighted by Crippen LogP contribution is 2.31. The van der Waals surface area contributed by atoms with E-state index in [4.69, 9.17) is 0 Å². The van der Waals surface area contributed by atoms with Crippen LogP contribution in [-0.2, 0) is 4.79 Å². The zero-order valence-corrected chi connectivity index (χ0v) is 11.5. The fourth-order valence-electron chi connectivity index (χ4n) is 2.53. The number of hydrogen-bond donors (Lipinski definition) is 2. The molecule has 1 atom stereocenters. The molecule has 0 radical (unpaired) electrons. The lowest BCUT2D eigenvalue weighted by molar-refractivity contribution is -0.130. The topological polar surface area (TPSA) is 44.4 Å². The van der Waals surface area contributed by atoms with Crippen LogP contribution >= 0.6 is 0 Å².